The van der Waals surface area contributed by atoms with Crippen LogP contribution in [0.1, 0.15) is 40.5 Å². The van der Waals surface area contributed by atoms with Crippen molar-refractivity contribution >= 4 is 45.2 Å². The minimum absolute atomic E-state index is 0.00285. The number of amides is 2. The molecule has 0 unspecified atom stereocenters. The van der Waals surface area contributed by atoms with Crippen LogP contribution in [0.3, 0.4) is 0 Å². The minimum Gasteiger partial charge on any atom is -0.359 e. The van der Waals surface area contributed by atoms with E-state index in [1.165, 1.54) is 0 Å². The van der Waals surface area contributed by atoms with E-state index in [0.29, 0.717) is 31.2 Å². The second-order valence-electron chi connectivity index (χ2n) is 6.55. The Morgan fingerprint density at radius 2 is 1.71 bits per heavy atom. The molecule has 1 aromatic heterocycles. The predicted octanol–water partition coefficient (Wildman–Crippen LogP) is 2.36. The average molecular weight is 480 g/mol. The molecule has 1 heterocycles. The summed E-state index contributed by atoms with van der Waals surface area (Å²) in [5.41, 5.74) is 0. The van der Waals surface area contributed by atoms with Gasteiger partial charge in [0.1, 0.15) is 5.82 Å². The van der Waals surface area contributed by atoms with Gasteiger partial charge in [-0.05, 0) is 41.4 Å². The van der Waals surface area contributed by atoms with Crippen molar-refractivity contribution in [3.63, 3.8) is 0 Å². The van der Waals surface area contributed by atoms with Crippen molar-refractivity contribution in [3.8, 4) is 0 Å². The van der Waals surface area contributed by atoms with E-state index in [9.17, 15) is 9.59 Å². The van der Waals surface area contributed by atoms with Gasteiger partial charge >= 0.3 is 0 Å². The molecule has 0 spiro atoms. The zero-order valence-electron chi connectivity index (χ0n) is 17.5. The van der Waals surface area contributed by atoms with E-state index in [-0.39, 0.29) is 23.1 Å². The zero-order chi connectivity index (χ0) is 21.7. The summed E-state index contributed by atoms with van der Waals surface area (Å²) in [4.78, 5) is 32.1. The van der Waals surface area contributed by atoms with Gasteiger partial charge in [0.15, 0.2) is 0 Å². The Labute approximate surface area is 181 Å². The Morgan fingerprint density at radius 1 is 1.14 bits per heavy atom. The lowest BCUT2D eigenvalue weighted by molar-refractivity contribution is -0.121. The topological polar surface area (TPSA) is 99.2 Å². The number of hydrogen-bond donors (Lipinski definition) is 3. The molecule has 0 aliphatic rings. The molecule has 0 fully saturated rings. The molecule has 0 radical (unpaired) electrons. The lowest BCUT2D eigenvalue weighted by Crippen LogP contribution is -2.35. The third-order valence-electron chi connectivity index (χ3n) is 3.63. The average Bonchev–Trinajstić information content (AvgIpc) is 2.64. The van der Waals surface area contributed by atoms with Gasteiger partial charge in [0.05, 0.1) is 4.47 Å². The van der Waals surface area contributed by atoms with Crippen LogP contribution in [-0.2, 0) is 9.59 Å². The van der Waals surface area contributed by atoms with Gasteiger partial charge in [-0.25, -0.2) is 4.98 Å². The van der Waals surface area contributed by atoms with E-state index in [0.717, 1.165) is 11.0 Å². The van der Waals surface area contributed by atoms with E-state index in [1.807, 2.05) is 18.7 Å². The van der Waals surface area contributed by atoms with Gasteiger partial charge in [-0.2, -0.15) is 4.98 Å². The predicted molar refractivity (Wildman–Crippen MR) is 118 cm³/mol. The molecular formula is C18H32BrClN6O2. The van der Waals surface area contributed by atoms with Crippen molar-refractivity contribution in [1.82, 2.24) is 25.9 Å². The molecule has 3 N–H and O–H groups in total. The summed E-state index contributed by atoms with van der Waals surface area (Å²) >= 11 is 9.20. The van der Waals surface area contributed by atoms with Gasteiger partial charge in [-0.3, -0.25) is 9.59 Å². The highest BCUT2D eigenvalue weighted by Crippen LogP contribution is 2.26. The van der Waals surface area contributed by atoms with Crippen LogP contribution in [-0.4, -0.2) is 61.1 Å². The van der Waals surface area contributed by atoms with E-state index >= 15 is 0 Å². The third kappa shape index (κ3) is 11.4. The monoisotopic (exact) mass is 478 g/mol. The summed E-state index contributed by atoms with van der Waals surface area (Å²) in [5.74, 6) is 0.791. The fourth-order valence-electron chi connectivity index (χ4n) is 2.09. The van der Waals surface area contributed by atoms with Crippen LogP contribution in [0, 0.1) is 0 Å². The Bertz CT molecular complexity index is 616. The van der Waals surface area contributed by atoms with Gasteiger partial charge < -0.3 is 20.9 Å². The molecule has 10 heteroatoms. The standard InChI is InChI=1S/C11H16BrClN4O.C7H16N2O/c1-7(2)17(5-4-9(18)14-3)10-8(12)6-15-11(13)16-10;1-6(2)9-5-4-7(10)8-3/h6-7H,4-5H2,1-3H3,(H,14,18);6,9H,4-5H2,1-3H3,(H,8,10). The quantitative estimate of drug-likeness (QED) is 0.470. The highest BCUT2D eigenvalue weighted by Gasteiger charge is 2.17. The molecule has 160 valence electrons. The number of aromatic nitrogens is 2. The molecule has 1 rings (SSSR count). The van der Waals surface area contributed by atoms with E-state index in [2.05, 4.69) is 55.7 Å². The number of nitrogens with zero attached hydrogens (tertiary/aromatic N) is 3. The first-order valence-electron chi connectivity index (χ1n) is 9.21. The maximum atomic E-state index is 11.3. The van der Waals surface area contributed by atoms with E-state index in [4.69, 9.17) is 11.6 Å². The van der Waals surface area contributed by atoms with Gasteiger partial charge in [0.25, 0.3) is 0 Å². The number of carbonyl (C=O) groups is 2. The Kier molecular flexibility index (Phi) is 13.8. The molecule has 0 atom stereocenters. The number of anilines is 1. The largest absolute Gasteiger partial charge is 0.359 e. The summed E-state index contributed by atoms with van der Waals surface area (Å²) < 4.78 is 0.762. The molecule has 0 aromatic carbocycles. The fourth-order valence-corrected chi connectivity index (χ4v) is 2.64. The number of hydrogen-bond acceptors (Lipinski definition) is 6. The first kappa shape index (κ1) is 26.6. The van der Waals surface area contributed by atoms with Crippen LogP contribution < -0.4 is 20.9 Å². The van der Waals surface area contributed by atoms with Gasteiger partial charge in [-0.15, -0.1) is 0 Å². The highest BCUT2D eigenvalue weighted by atomic mass is 79.9. The van der Waals surface area contributed by atoms with Crippen molar-refractivity contribution < 1.29 is 9.59 Å². The lowest BCUT2D eigenvalue weighted by Gasteiger charge is -2.28. The summed E-state index contributed by atoms with van der Waals surface area (Å²) in [6, 6.07) is 0.668. The molecule has 0 bridgehead atoms. The van der Waals surface area contributed by atoms with Gasteiger partial charge in [0, 0.05) is 58.3 Å². The SMILES string of the molecule is CNC(=O)CCN(c1nc(Cl)ncc1Br)C(C)C.CNC(=O)CCNC(C)C. The number of nitrogens with one attached hydrogen (secondary N) is 3. The second-order valence-corrected chi connectivity index (χ2v) is 7.75. The maximum absolute atomic E-state index is 11.3. The number of rotatable bonds is 9. The summed E-state index contributed by atoms with van der Waals surface area (Å²) in [6.45, 7) is 9.52. The Hall–Kier alpha value is -1.45. The van der Waals surface area contributed by atoms with Crippen LogP contribution in [0.2, 0.25) is 5.28 Å². The molecular weight excluding hydrogens is 448 g/mol. The zero-order valence-corrected chi connectivity index (χ0v) is 19.8. The molecule has 2 amide bonds. The van der Waals surface area contributed by atoms with Gasteiger partial charge in [0.2, 0.25) is 17.1 Å². The summed E-state index contributed by atoms with van der Waals surface area (Å²) in [6.07, 6.45) is 2.58. The van der Waals surface area contributed by atoms with Crippen molar-refractivity contribution in [1.29, 1.82) is 0 Å². The van der Waals surface area contributed by atoms with Crippen molar-refractivity contribution in [2.45, 2.75) is 52.6 Å². The summed E-state index contributed by atoms with van der Waals surface area (Å²) in [7, 11) is 3.28. The fraction of sp³-hybridized carbons (Fsp3) is 0.667. The molecule has 0 aliphatic carbocycles. The third-order valence-corrected chi connectivity index (χ3v) is 4.38. The molecule has 28 heavy (non-hydrogen) atoms. The molecule has 0 aliphatic heterocycles. The maximum Gasteiger partial charge on any atom is 0.224 e. The Morgan fingerprint density at radius 3 is 2.21 bits per heavy atom. The molecule has 0 saturated carbocycles. The molecule has 8 nitrogen and oxygen atoms in total. The van der Waals surface area contributed by atoms with E-state index in [1.54, 1.807) is 20.3 Å². The Balaban J connectivity index is 0.000000621. The van der Waals surface area contributed by atoms with Crippen molar-refractivity contribution in [2.24, 2.45) is 0 Å². The van der Waals surface area contributed by atoms with Crippen molar-refractivity contribution in [3.05, 3.63) is 16.0 Å². The van der Waals surface area contributed by atoms with E-state index < -0.39 is 0 Å². The van der Waals surface area contributed by atoms with Crippen LogP contribution in [0.25, 0.3) is 0 Å². The minimum atomic E-state index is -0.00285. The van der Waals surface area contributed by atoms with Crippen molar-refractivity contribution in [2.75, 3.05) is 32.1 Å². The summed E-state index contributed by atoms with van der Waals surface area (Å²) in [5, 5.41) is 8.50. The van der Waals surface area contributed by atoms with Gasteiger partial charge in [-0.1, -0.05) is 13.8 Å². The smallest absolute Gasteiger partial charge is 0.224 e. The normalized spacial score (nSPS) is 10.4. The van der Waals surface area contributed by atoms with Crippen LogP contribution >= 0.6 is 27.5 Å². The highest BCUT2D eigenvalue weighted by molar-refractivity contribution is 9.10. The lowest BCUT2D eigenvalue weighted by atomic mass is 10.2. The molecule has 0 saturated heterocycles. The van der Waals surface area contributed by atoms with Crippen LogP contribution in [0.15, 0.2) is 10.7 Å². The first-order chi connectivity index (χ1) is 13.1. The second kappa shape index (κ2) is 14.5. The molecule has 1 aromatic rings. The van der Waals surface area contributed by atoms with Crippen LogP contribution in [0.5, 0.6) is 0 Å². The number of halogens is 2. The number of carbonyl (C=O) groups excluding carboxylic acids is 2. The van der Waals surface area contributed by atoms with Crippen LogP contribution in [0.4, 0.5) is 5.82 Å². The first-order valence-corrected chi connectivity index (χ1v) is 10.4.